The molecule has 0 radical (unpaired) electrons. The fraction of sp³-hybridized carbons (Fsp3) is 0.240. The molecule has 0 bridgehead atoms. The maximum Gasteiger partial charge on any atom is 0.416 e. The molecular formula is C25H21ClF6N2O4S. The summed E-state index contributed by atoms with van der Waals surface area (Å²) in [6, 6.07) is 10.5. The number of amides is 1. The van der Waals surface area contributed by atoms with Crippen LogP contribution in [0, 0.1) is 0 Å². The molecule has 39 heavy (non-hydrogen) atoms. The van der Waals surface area contributed by atoms with Crippen molar-refractivity contribution in [3.63, 3.8) is 0 Å². The zero-order valence-corrected chi connectivity index (χ0v) is 21.6. The first-order valence-electron chi connectivity index (χ1n) is 11.2. The molecule has 0 fully saturated rings. The molecule has 3 rings (SSSR count). The summed E-state index contributed by atoms with van der Waals surface area (Å²) in [5.74, 6) is -0.978. The van der Waals surface area contributed by atoms with Crippen LogP contribution < -0.4 is 14.8 Å². The van der Waals surface area contributed by atoms with Gasteiger partial charge in [-0.1, -0.05) is 41.9 Å². The summed E-state index contributed by atoms with van der Waals surface area (Å²) in [4.78, 5) is 12.8. The maximum atomic E-state index is 13.2. The molecule has 0 aliphatic heterocycles. The van der Waals surface area contributed by atoms with Gasteiger partial charge >= 0.3 is 12.4 Å². The Morgan fingerprint density at radius 3 is 2.03 bits per heavy atom. The number of hydrogen-bond acceptors (Lipinski definition) is 4. The fourth-order valence-electron chi connectivity index (χ4n) is 3.47. The molecule has 0 aliphatic carbocycles. The van der Waals surface area contributed by atoms with E-state index >= 15 is 0 Å². The second-order valence-corrected chi connectivity index (χ2v) is 10.3. The van der Waals surface area contributed by atoms with Crippen LogP contribution in [0.25, 0.3) is 0 Å². The lowest BCUT2D eigenvalue weighted by atomic mass is 10.1. The molecule has 6 nitrogen and oxygen atoms in total. The van der Waals surface area contributed by atoms with Crippen molar-refractivity contribution in [2.24, 2.45) is 0 Å². The number of ether oxygens (including phenoxy) is 1. The van der Waals surface area contributed by atoms with Gasteiger partial charge in [0.1, 0.15) is 11.8 Å². The zero-order valence-electron chi connectivity index (χ0n) is 20.0. The van der Waals surface area contributed by atoms with Gasteiger partial charge in [-0.2, -0.15) is 31.1 Å². The van der Waals surface area contributed by atoms with Crippen molar-refractivity contribution in [1.29, 1.82) is 0 Å². The summed E-state index contributed by atoms with van der Waals surface area (Å²) in [7, 11) is -4.44. The van der Waals surface area contributed by atoms with E-state index in [9.17, 15) is 39.6 Å². The van der Waals surface area contributed by atoms with E-state index in [1.165, 1.54) is 12.1 Å². The third kappa shape index (κ3) is 8.10. The molecule has 0 spiro atoms. The Hall–Kier alpha value is -3.29. The van der Waals surface area contributed by atoms with Crippen LogP contribution in [-0.4, -0.2) is 27.0 Å². The molecule has 210 valence electrons. The number of alkyl halides is 6. The number of carbonyl (C=O) groups is 1. The highest BCUT2D eigenvalue weighted by atomic mass is 35.5. The Kier molecular flexibility index (Phi) is 9.19. The predicted octanol–water partition coefficient (Wildman–Crippen LogP) is 6.30. The van der Waals surface area contributed by atoms with Crippen molar-refractivity contribution < 1.29 is 44.3 Å². The second kappa shape index (κ2) is 11.8. The summed E-state index contributed by atoms with van der Waals surface area (Å²) in [5.41, 5.74) is -3.64. The van der Waals surface area contributed by atoms with Crippen LogP contribution >= 0.6 is 11.6 Å². The van der Waals surface area contributed by atoms with Crippen LogP contribution in [0.3, 0.4) is 0 Å². The monoisotopic (exact) mass is 594 g/mol. The summed E-state index contributed by atoms with van der Waals surface area (Å²) in [6.07, 6.45) is -10.6. The van der Waals surface area contributed by atoms with Crippen molar-refractivity contribution in [1.82, 2.24) is 4.72 Å². The quantitative estimate of drug-likeness (QED) is 0.285. The highest BCUT2D eigenvalue weighted by molar-refractivity contribution is 7.89. The molecule has 0 saturated carbocycles. The van der Waals surface area contributed by atoms with E-state index in [-0.39, 0.29) is 34.8 Å². The normalized spacial score (nSPS) is 13.1. The number of rotatable bonds is 9. The highest BCUT2D eigenvalue weighted by Gasteiger charge is 2.37. The molecule has 0 heterocycles. The smallest absolute Gasteiger partial charge is 0.416 e. The molecule has 0 saturated heterocycles. The van der Waals surface area contributed by atoms with E-state index in [0.717, 1.165) is 6.07 Å². The van der Waals surface area contributed by atoms with Gasteiger partial charge in [0.2, 0.25) is 15.9 Å². The van der Waals surface area contributed by atoms with Crippen LogP contribution in [0.15, 0.2) is 71.6 Å². The first kappa shape index (κ1) is 30.3. The van der Waals surface area contributed by atoms with Crippen LogP contribution in [0.1, 0.15) is 23.6 Å². The lowest BCUT2D eigenvalue weighted by Crippen LogP contribution is -2.45. The molecule has 3 aromatic rings. The molecule has 0 aliphatic rings. The highest BCUT2D eigenvalue weighted by Crippen LogP contribution is 2.37. The van der Waals surface area contributed by atoms with Gasteiger partial charge in [0, 0.05) is 5.69 Å². The fourth-order valence-corrected chi connectivity index (χ4v) is 4.99. The average molecular weight is 595 g/mol. The standard InChI is InChI=1S/C25H21ClF6N2O4S/c1-2-38-22-9-8-19(14-20(22)26)39(36,37)34-21(10-15-6-4-3-5-7-15)23(35)33-18-12-16(24(27,28)29)11-17(13-18)25(30,31)32/h3-9,11-14,21,34H,2,10H2,1H3,(H,33,35)/t21-/m1/s1. The molecule has 3 aromatic carbocycles. The van der Waals surface area contributed by atoms with E-state index in [1.54, 1.807) is 37.3 Å². The first-order chi connectivity index (χ1) is 18.1. The van der Waals surface area contributed by atoms with Crippen molar-refractivity contribution in [3.05, 3.63) is 88.4 Å². The SMILES string of the molecule is CCOc1ccc(S(=O)(=O)N[C@H](Cc2ccccc2)C(=O)Nc2cc(C(F)(F)F)cc(C(F)(F)F)c2)cc1Cl. The van der Waals surface area contributed by atoms with E-state index < -0.39 is 51.1 Å². The Morgan fingerprint density at radius 1 is 0.923 bits per heavy atom. The Morgan fingerprint density at radius 2 is 1.51 bits per heavy atom. The van der Waals surface area contributed by atoms with Gasteiger partial charge in [-0.3, -0.25) is 4.79 Å². The number of nitrogens with one attached hydrogen (secondary N) is 2. The molecule has 2 N–H and O–H groups in total. The average Bonchev–Trinajstić information content (AvgIpc) is 2.84. The largest absolute Gasteiger partial charge is 0.492 e. The van der Waals surface area contributed by atoms with E-state index in [1.807, 2.05) is 5.32 Å². The number of sulfonamides is 1. The van der Waals surface area contributed by atoms with Crippen molar-refractivity contribution >= 4 is 33.2 Å². The molecular weight excluding hydrogens is 574 g/mol. The van der Waals surface area contributed by atoms with Crippen LogP contribution in [-0.2, 0) is 33.6 Å². The van der Waals surface area contributed by atoms with Gasteiger partial charge in [-0.05, 0) is 55.3 Å². The van der Waals surface area contributed by atoms with Gasteiger partial charge in [-0.15, -0.1) is 0 Å². The van der Waals surface area contributed by atoms with Crippen molar-refractivity contribution in [2.45, 2.75) is 36.6 Å². The third-order valence-corrected chi connectivity index (χ3v) is 7.03. The van der Waals surface area contributed by atoms with E-state index in [0.29, 0.717) is 17.7 Å². The van der Waals surface area contributed by atoms with E-state index in [2.05, 4.69) is 4.72 Å². The maximum absolute atomic E-state index is 13.2. The first-order valence-corrected chi connectivity index (χ1v) is 13.0. The number of anilines is 1. The Balaban J connectivity index is 1.97. The van der Waals surface area contributed by atoms with Crippen molar-refractivity contribution in [3.8, 4) is 5.75 Å². The minimum absolute atomic E-state index is 0.0348. The predicted molar refractivity (Wildman–Crippen MR) is 132 cm³/mol. The third-order valence-electron chi connectivity index (χ3n) is 5.27. The lowest BCUT2D eigenvalue weighted by molar-refractivity contribution is -0.143. The minimum atomic E-state index is -5.14. The zero-order chi connectivity index (χ0) is 29.0. The number of halogens is 7. The lowest BCUT2D eigenvalue weighted by Gasteiger charge is -2.20. The van der Waals surface area contributed by atoms with Crippen LogP contribution in [0.4, 0.5) is 32.0 Å². The topological polar surface area (TPSA) is 84.5 Å². The second-order valence-electron chi connectivity index (χ2n) is 8.17. The Bertz CT molecular complexity index is 1400. The summed E-state index contributed by atoms with van der Waals surface area (Å²) < 4.78 is 113. The molecule has 14 heteroatoms. The van der Waals surface area contributed by atoms with Crippen LogP contribution in [0.2, 0.25) is 5.02 Å². The number of hydrogen-bond donors (Lipinski definition) is 2. The van der Waals surface area contributed by atoms with Crippen LogP contribution in [0.5, 0.6) is 5.75 Å². The number of benzene rings is 3. The van der Waals surface area contributed by atoms with Gasteiger partial charge in [0.25, 0.3) is 0 Å². The summed E-state index contributed by atoms with van der Waals surface area (Å²) in [5, 5.41) is 1.95. The molecule has 1 amide bonds. The molecule has 0 unspecified atom stereocenters. The van der Waals surface area contributed by atoms with Crippen molar-refractivity contribution in [2.75, 3.05) is 11.9 Å². The minimum Gasteiger partial charge on any atom is -0.492 e. The van der Waals surface area contributed by atoms with E-state index in [4.69, 9.17) is 16.3 Å². The summed E-state index contributed by atoms with van der Waals surface area (Å²) >= 11 is 6.07. The number of carbonyl (C=O) groups excluding carboxylic acids is 1. The van der Waals surface area contributed by atoms with Gasteiger partial charge in [0.15, 0.2) is 0 Å². The summed E-state index contributed by atoms with van der Waals surface area (Å²) in [6.45, 7) is 1.95. The molecule has 1 atom stereocenters. The van der Waals surface area contributed by atoms with Gasteiger partial charge in [-0.25, -0.2) is 8.42 Å². The van der Waals surface area contributed by atoms with Gasteiger partial charge < -0.3 is 10.1 Å². The molecule has 0 aromatic heterocycles. The van der Waals surface area contributed by atoms with Gasteiger partial charge in [0.05, 0.1) is 27.7 Å². The Labute approximate surface area is 225 Å².